The highest BCUT2D eigenvalue weighted by atomic mass is 35.5. The van der Waals surface area contributed by atoms with Gasteiger partial charge in [-0.1, -0.05) is 0 Å². The number of amides is 1. The van der Waals surface area contributed by atoms with E-state index in [1.807, 2.05) is 6.07 Å². The fourth-order valence-electron chi connectivity index (χ4n) is 3.39. The predicted octanol–water partition coefficient (Wildman–Crippen LogP) is 1.22. The molecule has 2 saturated heterocycles. The highest BCUT2D eigenvalue weighted by Crippen LogP contribution is 2.24. The van der Waals surface area contributed by atoms with E-state index in [1.165, 1.54) is 19.0 Å². The van der Waals surface area contributed by atoms with Gasteiger partial charge >= 0.3 is 0 Å². The molecule has 2 unspecified atom stereocenters. The van der Waals surface area contributed by atoms with Crippen molar-refractivity contribution in [3.8, 4) is 0 Å². The molecule has 1 amide bonds. The van der Waals surface area contributed by atoms with Crippen molar-refractivity contribution in [1.82, 2.24) is 20.3 Å². The molecule has 0 aliphatic carbocycles. The largest absolute Gasteiger partial charge is 0.364 e. The van der Waals surface area contributed by atoms with Gasteiger partial charge in [0.25, 0.3) is 5.91 Å². The number of nitrogens with one attached hydrogen (secondary N) is 2. The summed E-state index contributed by atoms with van der Waals surface area (Å²) in [7, 11) is 0. The topological polar surface area (TPSA) is 109 Å². The van der Waals surface area contributed by atoms with Gasteiger partial charge in [-0.15, -0.1) is 12.4 Å². The maximum absolute atomic E-state index is 13.8. The molecule has 2 bridgehead atoms. The summed E-state index contributed by atoms with van der Waals surface area (Å²) < 4.78 is 13.8. The van der Waals surface area contributed by atoms with Crippen molar-refractivity contribution in [2.75, 3.05) is 23.3 Å². The Morgan fingerprint density at radius 2 is 2.04 bits per heavy atom. The van der Waals surface area contributed by atoms with Gasteiger partial charge in [-0.05, 0) is 18.9 Å². The summed E-state index contributed by atoms with van der Waals surface area (Å²) in [4.78, 5) is 25.7. The summed E-state index contributed by atoms with van der Waals surface area (Å²) >= 11 is 0. The second-order valence-electron chi connectivity index (χ2n) is 6.32. The van der Waals surface area contributed by atoms with Gasteiger partial charge in [0.2, 0.25) is 5.95 Å². The fourth-order valence-corrected chi connectivity index (χ4v) is 3.39. The van der Waals surface area contributed by atoms with Gasteiger partial charge in [-0.25, -0.2) is 14.4 Å². The molecule has 2 aliphatic rings. The zero-order valence-corrected chi connectivity index (χ0v) is 14.7. The van der Waals surface area contributed by atoms with Crippen LogP contribution in [-0.4, -0.2) is 46.0 Å². The van der Waals surface area contributed by atoms with Gasteiger partial charge < -0.3 is 21.3 Å². The third-order valence-electron chi connectivity index (χ3n) is 4.51. The number of rotatable bonds is 4. The Morgan fingerprint density at radius 1 is 1.31 bits per heavy atom. The van der Waals surface area contributed by atoms with Crippen LogP contribution in [0.25, 0.3) is 0 Å². The van der Waals surface area contributed by atoms with Crippen molar-refractivity contribution < 1.29 is 9.18 Å². The number of nitrogens with two attached hydrogens (primary N) is 1. The first-order chi connectivity index (χ1) is 12.1. The zero-order chi connectivity index (χ0) is 17.4. The third kappa shape index (κ3) is 3.68. The van der Waals surface area contributed by atoms with Crippen LogP contribution in [0.3, 0.4) is 0 Å². The van der Waals surface area contributed by atoms with E-state index in [1.54, 1.807) is 6.20 Å². The third-order valence-corrected chi connectivity index (χ3v) is 4.51. The van der Waals surface area contributed by atoms with Crippen LogP contribution in [-0.2, 0) is 0 Å². The standard InChI is InChI=1S/C16H18FN7O.ClH/c17-12-5-11(6-20-14(12)15(18)25)22-16-19-4-3-13(23-16)24-7-9-1-2-10(8-24)21-9;/h3-6,9-10,21H,1-2,7-8H2,(H2,18,25)(H,19,22,23);1H. The highest BCUT2D eigenvalue weighted by Gasteiger charge is 2.32. The summed E-state index contributed by atoms with van der Waals surface area (Å²) in [5, 5.41) is 6.49. The fraction of sp³-hybridized carbons (Fsp3) is 0.375. The number of hydrogen-bond acceptors (Lipinski definition) is 7. The molecule has 8 nitrogen and oxygen atoms in total. The van der Waals surface area contributed by atoms with Crippen molar-refractivity contribution in [2.24, 2.45) is 5.73 Å². The Labute approximate surface area is 155 Å². The van der Waals surface area contributed by atoms with Crippen LogP contribution in [0.15, 0.2) is 24.5 Å². The summed E-state index contributed by atoms with van der Waals surface area (Å²) in [6.07, 6.45) is 5.36. The Morgan fingerprint density at radius 3 is 2.69 bits per heavy atom. The van der Waals surface area contributed by atoms with Crippen LogP contribution < -0.4 is 21.3 Å². The van der Waals surface area contributed by atoms with E-state index in [0.29, 0.717) is 23.7 Å². The van der Waals surface area contributed by atoms with E-state index in [2.05, 4.69) is 30.5 Å². The summed E-state index contributed by atoms with van der Waals surface area (Å²) in [6, 6.07) is 4.02. The van der Waals surface area contributed by atoms with Crippen LogP contribution in [0.5, 0.6) is 0 Å². The number of fused-ring (bicyclic) bond motifs is 2. The number of anilines is 3. The van der Waals surface area contributed by atoms with Crippen molar-refractivity contribution >= 4 is 35.8 Å². The summed E-state index contributed by atoms with van der Waals surface area (Å²) in [6.45, 7) is 1.83. The minimum absolute atomic E-state index is 0. The normalized spacial score (nSPS) is 21.2. The number of carbonyl (C=O) groups is 1. The first-order valence-corrected chi connectivity index (χ1v) is 8.15. The van der Waals surface area contributed by atoms with Gasteiger partial charge in [0.05, 0.1) is 11.9 Å². The first kappa shape index (κ1) is 18.3. The lowest BCUT2D eigenvalue weighted by molar-refractivity contribution is 0.0991. The van der Waals surface area contributed by atoms with Gasteiger partial charge in [0.15, 0.2) is 11.5 Å². The van der Waals surface area contributed by atoms with Crippen molar-refractivity contribution in [2.45, 2.75) is 24.9 Å². The van der Waals surface area contributed by atoms with Gasteiger partial charge in [0.1, 0.15) is 5.82 Å². The van der Waals surface area contributed by atoms with Crippen LogP contribution in [0.4, 0.5) is 21.8 Å². The molecule has 0 radical (unpaired) electrons. The number of piperazine rings is 1. The number of halogens is 2. The van der Waals surface area contributed by atoms with Gasteiger partial charge in [-0.3, -0.25) is 4.79 Å². The Balaban J connectivity index is 0.00000196. The molecule has 26 heavy (non-hydrogen) atoms. The molecule has 4 rings (SSSR count). The molecular weight excluding hydrogens is 361 g/mol. The van der Waals surface area contributed by atoms with E-state index < -0.39 is 17.4 Å². The van der Waals surface area contributed by atoms with E-state index in [9.17, 15) is 9.18 Å². The smallest absolute Gasteiger partial charge is 0.270 e. The second kappa shape index (κ2) is 7.38. The molecule has 0 aromatic carbocycles. The number of hydrogen-bond donors (Lipinski definition) is 3. The molecule has 2 aromatic rings. The van der Waals surface area contributed by atoms with E-state index >= 15 is 0 Å². The maximum atomic E-state index is 13.8. The molecule has 4 heterocycles. The lowest BCUT2D eigenvalue weighted by atomic mass is 10.2. The highest BCUT2D eigenvalue weighted by molar-refractivity contribution is 5.91. The SMILES string of the molecule is Cl.NC(=O)c1ncc(Nc2nccc(N3CC4CCC(C3)N4)n2)cc1F. The van der Waals surface area contributed by atoms with Crippen LogP contribution in [0, 0.1) is 5.82 Å². The number of aromatic nitrogens is 3. The van der Waals surface area contributed by atoms with Gasteiger partial charge in [-0.2, -0.15) is 4.98 Å². The second-order valence-corrected chi connectivity index (χ2v) is 6.32. The average Bonchev–Trinajstić information content (AvgIpc) is 2.93. The first-order valence-electron chi connectivity index (χ1n) is 8.15. The quantitative estimate of drug-likeness (QED) is 0.732. The van der Waals surface area contributed by atoms with E-state index in [-0.39, 0.29) is 12.4 Å². The maximum Gasteiger partial charge on any atom is 0.270 e. The average molecular weight is 380 g/mol. The summed E-state index contributed by atoms with van der Waals surface area (Å²) in [5.41, 5.74) is 5.01. The Hall–Kier alpha value is -2.52. The predicted molar refractivity (Wildman–Crippen MR) is 97.4 cm³/mol. The van der Waals surface area contributed by atoms with E-state index in [4.69, 9.17) is 5.73 Å². The number of primary amides is 1. The van der Waals surface area contributed by atoms with Crippen molar-refractivity contribution in [1.29, 1.82) is 0 Å². The molecule has 2 aromatic heterocycles. The lowest BCUT2D eigenvalue weighted by Gasteiger charge is -2.33. The van der Waals surface area contributed by atoms with E-state index in [0.717, 1.165) is 25.0 Å². The molecule has 0 spiro atoms. The van der Waals surface area contributed by atoms with Crippen molar-refractivity contribution in [3.63, 3.8) is 0 Å². The molecule has 138 valence electrons. The number of nitrogens with zero attached hydrogens (tertiary/aromatic N) is 4. The molecule has 2 fully saturated rings. The number of carbonyl (C=O) groups excluding carboxylic acids is 1. The zero-order valence-electron chi connectivity index (χ0n) is 13.9. The molecule has 0 saturated carbocycles. The minimum Gasteiger partial charge on any atom is -0.364 e. The van der Waals surface area contributed by atoms with Crippen molar-refractivity contribution in [3.05, 3.63) is 36.0 Å². The molecule has 2 atom stereocenters. The molecule has 4 N–H and O–H groups in total. The van der Waals surface area contributed by atoms with Crippen LogP contribution in [0.1, 0.15) is 23.3 Å². The van der Waals surface area contributed by atoms with Crippen LogP contribution >= 0.6 is 12.4 Å². The van der Waals surface area contributed by atoms with Crippen LogP contribution in [0.2, 0.25) is 0 Å². The minimum atomic E-state index is -0.907. The Kier molecular flexibility index (Phi) is 5.19. The monoisotopic (exact) mass is 379 g/mol. The Bertz CT molecular complexity index is 809. The van der Waals surface area contributed by atoms with Gasteiger partial charge in [0, 0.05) is 37.4 Å². The summed E-state index contributed by atoms with van der Waals surface area (Å²) in [5.74, 6) is -0.516. The molecular formula is C16H19ClFN7O. The lowest BCUT2D eigenvalue weighted by Crippen LogP contribution is -2.51. The number of pyridine rings is 1. The molecule has 2 aliphatic heterocycles. The molecule has 10 heteroatoms.